The maximum absolute atomic E-state index is 5.48. The van der Waals surface area contributed by atoms with E-state index in [1.807, 2.05) is 0 Å². The molecule has 12 heavy (non-hydrogen) atoms. The Balaban J connectivity index is 1.88. The first-order valence-electron chi connectivity index (χ1n) is 5.11. The minimum absolute atomic E-state index is 0.395. The summed E-state index contributed by atoms with van der Waals surface area (Å²) in [5.41, 5.74) is 0. The zero-order valence-electron chi connectivity index (χ0n) is 8.31. The lowest BCUT2D eigenvalue weighted by Gasteiger charge is -2.09. The van der Waals surface area contributed by atoms with Crippen molar-refractivity contribution in [2.24, 2.45) is 5.92 Å². The first-order chi connectivity index (χ1) is 5.79. The zero-order valence-corrected chi connectivity index (χ0v) is 8.31. The molecule has 0 unspecified atom stereocenters. The van der Waals surface area contributed by atoms with Crippen molar-refractivity contribution < 1.29 is 4.74 Å². The van der Waals surface area contributed by atoms with Crippen molar-refractivity contribution in [3.05, 3.63) is 0 Å². The van der Waals surface area contributed by atoms with Crippen molar-refractivity contribution in [3.63, 3.8) is 0 Å². The van der Waals surface area contributed by atoms with E-state index in [4.69, 9.17) is 4.74 Å². The summed E-state index contributed by atoms with van der Waals surface area (Å²) in [6, 6.07) is 0. The Morgan fingerprint density at radius 2 is 2.33 bits per heavy atom. The average molecular weight is 171 g/mol. The van der Waals surface area contributed by atoms with Gasteiger partial charge in [-0.3, -0.25) is 0 Å². The van der Waals surface area contributed by atoms with Crippen molar-refractivity contribution >= 4 is 0 Å². The number of rotatable bonds is 5. The van der Waals surface area contributed by atoms with E-state index in [9.17, 15) is 0 Å². The Morgan fingerprint density at radius 3 is 2.92 bits per heavy atom. The number of hydrogen-bond acceptors (Lipinski definition) is 2. The van der Waals surface area contributed by atoms with Crippen LogP contribution in [0.25, 0.3) is 0 Å². The van der Waals surface area contributed by atoms with E-state index >= 15 is 0 Å². The van der Waals surface area contributed by atoms with Gasteiger partial charge in [-0.05, 0) is 52.1 Å². The Labute approximate surface area is 75.7 Å². The third-order valence-corrected chi connectivity index (χ3v) is 2.37. The maximum Gasteiger partial charge on any atom is 0.0518 e. The summed E-state index contributed by atoms with van der Waals surface area (Å²) in [7, 11) is 0. The Kier molecular flexibility index (Phi) is 4.62. The summed E-state index contributed by atoms with van der Waals surface area (Å²) in [5.74, 6) is 0.917. The molecule has 1 aliphatic rings. The van der Waals surface area contributed by atoms with Crippen LogP contribution in [0, 0.1) is 5.92 Å². The second-order valence-electron chi connectivity index (χ2n) is 3.92. The Morgan fingerprint density at radius 1 is 1.50 bits per heavy atom. The lowest BCUT2D eigenvalue weighted by atomic mass is 10.0. The lowest BCUT2D eigenvalue weighted by Crippen LogP contribution is -2.10. The van der Waals surface area contributed by atoms with Gasteiger partial charge in [-0.2, -0.15) is 0 Å². The summed E-state index contributed by atoms with van der Waals surface area (Å²) in [5, 5.41) is 3.38. The summed E-state index contributed by atoms with van der Waals surface area (Å²) in [6.45, 7) is 7.57. The van der Waals surface area contributed by atoms with Crippen molar-refractivity contribution in [1.82, 2.24) is 5.32 Å². The number of nitrogens with one attached hydrogen (secondary N) is 1. The normalized spacial score (nSPS) is 23.8. The summed E-state index contributed by atoms with van der Waals surface area (Å²) >= 11 is 0. The minimum Gasteiger partial charge on any atom is -0.379 e. The predicted molar refractivity (Wildman–Crippen MR) is 51.3 cm³/mol. The van der Waals surface area contributed by atoms with Gasteiger partial charge in [0.1, 0.15) is 0 Å². The molecule has 1 aliphatic heterocycles. The summed E-state index contributed by atoms with van der Waals surface area (Å²) in [6.07, 6.45) is 4.32. The molecule has 1 atom stereocenters. The molecule has 0 bridgehead atoms. The molecule has 1 heterocycles. The van der Waals surface area contributed by atoms with Crippen LogP contribution in [0.2, 0.25) is 0 Å². The first kappa shape index (κ1) is 10.0. The molecule has 0 aliphatic carbocycles. The standard InChI is InChI=1S/C10H21NO/c1-9(2)12-7-3-4-10-5-6-11-8-10/h9-11H,3-8H2,1-2H3/t10-/m1/s1. The van der Waals surface area contributed by atoms with E-state index in [-0.39, 0.29) is 0 Å². The van der Waals surface area contributed by atoms with Crippen molar-refractivity contribution in [1.29, 1.82) is 0 Å². The summed E-state index contributed by atoms with van der Waals surface area (Å²) in [4.78, 5) is 0. The van der Waals surface area contributed by atoms with Crippen LogP contribution in [-0.2, 0) is 4.74 Å². The van der Waals surface area contributed by atoms with Crippen molar-refractivity contribution in [2.45, 2.75) is 39.2 Å². The largest absolute Gasteiger partial charge is 0.379 e. The predicted octanol–water partition coefficient (Wildman–Crippen LogP) is 1.80. The van der Waals surface area contributed by atoms with E-state index in [1.165, 1.54) is 32.4 Å². The minimum atomic E-state index is 0.395. The van der Waals surface area contributed by atoms with Gasteiger partial charge < -0.3 is 10.1 Å². The van der Waals surface area contributed by atoms with Crippen LogP contribution in [0.1, 0.15) is 33.1 Å². The van der Waals surface area contributed by atoms with Gasteiger partial charge in [0.2, 0.25) is 0 Å². The highest BCUT2D eigenvalue weighted by atomic mass is 16.5. The molecule has 1 rings (SSSR count). The summed E-state index contributed by atoms with van der Waals surface area (Å²) < 4.78 is 5.48. The monoisotopic (exact) mass is 171 g/mol. The quantitative estimate of drug-likeness (QED) is 0.637. The van der Waals surface area contributed by atoms with Gasteiger partial charge in [0.15, 0.2) is 0 Å². The second kappa shape index (κ2) is 5.55. The molecule has 2 heteroatoms. The second-order valence-corrected chi connectivity index (χ2v) is 3.92. The molecule has 1 saturated heterocycles. The molecule has 72 valence electrons. The molecule has 1 fully saturated rings. The fraction of sp³-hybridized carbons (Fsp3) is 1.00. The van der Waals surface area contributed by atoms with Gasteiger partial charge in [0.05, 0.1) is 6.10 Å². The number of ether oxygens (including phenoxy) is 1. The molecule has 0 aromatic rings. The molecule has 0 saturated carbocycles. The van der Waals surface area contributed by atoms with Crippen molar-refractivity contribution in [3.8, 4) is 0 Å². The smallest absolute Gasteiger partial charge is 0.0518 e. The topological polar surface area (TPSA) is 21.3 Å². The molecule has 0 spiro atoms. The van der Waals surface area contributed by atoms with Crippen molar-refractivity contribution in [2.75, 3.05) is 19.7 Å². The SMILES string of the molecule is CC(C)OCCC[C@@H]1CCNC1. The molecule has 0 amide bonds. The fourth-order valence-electron chi connectivity index (χ4n) is 1.65. The molecule has 0 aromatic heterocycles. The van der Waals surface area contributed by atoms with Gasteiger partial charge in [-0.15, -0.1) is 0 Å². The lowest BCUT2D eigenvalue weighted by molar-refractivity contribution is 0.0740. The van der Waals surface area contributed by atoms with Crippen LogP contribution in [0.3, 0.4) is 0 Å². The van der Waals surface area contributed by atoms with Crippen LogP contribution in [-0.4, -0.2) is 25.8 Å². The van der Waals surface area contributed by atoms with E-state index in [0.29, 0.717) is 6.10 Å². The van der Waals surface area contributed by atoms with Gasteiger partial charge in [-0.25, -0.2) is 0 Å². The highest BCUT2D eigenvalue weighted by molar-refractivity contribution is 4.70. The fourth-order valence-corrected chi connectivity index (χ4v) is 1.65. The third kappa shape index (κ3) is 4.07. The Hall–Kier alpha value is -0.0800. The third-order valence-electron chi connectivity index (χ3n) is 2.37. The van der Waals surface area contributed by atoms with Crippen LogP contribution in [0.15, 0.2) is 0 Å². The molecular formula is C10H21NO. The molecule has 0 radical (unpaired) electrons. The highest BCUT2D eigenvalue weighted by Gasteiger charge is 2.13. The number of hydrogen-bond donors (Lipinski definition) is 1. The molecule has 0 aromatic carbocycles. The van der Waals surface area contributed by atoms with E-state index in [2.05, 4.69) is 19.2 Å². The average Bonchev–Trinajstić information content (AvgIpc) is 2.49. The van der Waals surface area contributed by atoms with Crippen LogP contribution in [0.4, 0.5) is 0 Å². The van der Waals surface area contributed by atoms with Crippen LogP contribution >= 0.6 is 0 Å². The van der Waals surface area contributed by atoms with E-state index in [1.54, 1.807) is 0 Å². The van der Waals surface area contributed by atoms with Gasteiger partial charge in [0, 0.05) is 6.61 Å². The first-order valence-corrected chi connectivity index (χ1v) is 5.11. The Bertz CT molecular complexity index is 108. The van der Waals surface area contributed by atoms with Crippen LogP contribution < -0.4 is 5.32 Å². The maximum atomic E-state index is 5.48. The van der Waals surface area contributed by atoms with E-state index in [0.717, 1.165) is 12.5 Å². The molecule has 2 nitrogen and oxygen atoms in total. The molecular weight excluding hydrogens is 150 g/mol. The molecule has 1 N–H and O–H groups in total. The zero-order chi connectivity index (χ0) is 8.81. The van der Waals surface area contributed by atoms with Gasteiger partial charge in [-0.1, -0.05) is 0 Å². The highest BCUT2D eigenvalue weighted by Crippen LogP contribution is 2.14. The van der Waals surface area contributed by atoms with Crippen LogP contribution in [0.5, 0.6) is 0 Å². The van der Waals surface area contributed by atoms with E-state index < -0.39 is 0 Å². The van der Waals surface area contributed by atoms with Gasteiger partial charge >= 0.3 is 0 Å². The van der Waals surface area contributed by atoms with Gasteiger partial charge in [0.25, 0.3) is 0 Å².